The highest BCUT2D eigenvalue weighted by molar-refractivity contribution is 5.78. The summed E-state index contributed by atoms with van der Waals surface area (Å²) in [5.41, 5.74) is 1.17. The van der Waals surface area contributed by atoms with Crippen LogP contribution in [0, 0.1) is 12.8 Å². The van der Waals surface area contributed by atoms with Crippen LogP contribution in [0.3, 0.4) is 0 Å². The fraction of sp³-hybridized carbons (Fsp3) is 0.409. The van der Waals surface area contributed by atoms with E-state index in [1.807, 2.05) is 60.4 Å². The van der Waals surface area contributed by atoms with Crippen LogP contribution in [0.5, 0.6) is 17.2 Å². The number of likely N-dealkylation sites (tertiary alicyclic amines) is 1. The molecule has 1 atom stereocenters. The molecule has 5 heteroatoms. The number of carbonyl (C=O) groups is 1. The van der Waals surface area contributed by atoms with Crippen LogP contribution in [-0.2, 0) is 4.79 Å². The van der Waals surface area contributed by atoms with E-state index in [2.05, 4.69) is 0 Å². The third-order valence-electron chi connectivity index (χ3n) is 4.87. The highest BCUT2D eigenvalue weighted by Gasteiger charge is 2.26. The average Bonchev–Trinajstić information content (AvgIpc) is 3.17. The van der Waals surface area contributed by atoms with Crippen LogP contribution < -0.4 is 14.2 Å². The smallest absolute Gasteiger partial charge is 0.260 e. The molecule has 0 aromatic heterocycles. The van der Waals surface area contributed by atoms with Gasteiger partial charge in [0.25, 0.3) is 5.91 Å². The Hall–Kier alpha value is -2.69. The summed E-state index contributed by atoms with van der Waals surface area (Å²) in [6.45, 7) is 4.29. The fourth-order valence-corrected chi connectivity index (χ4v) is 3.24. The standard InChI is InChI=1S/C22H27NO4/c1-17-7-9-19(10-8-17)27-16-22(24)23-13-11-18(15-23)12-14-26-21-6-4-3-5-20(21)25-2/h3-10,18H,11-16H2,1-2H3/t18-/m1/s1. The summed E-state index contributed by atoms with van der Waals surface area (Å²) in [6, 6.07) is 15.4. The molecule has 1 fully saturated rings. The normalized spacial score (nSPS) is 16.2. The summed E-state index contributed by atoms with van der Waals surface area (Å²) in [5.74, 6) is 2.74. The molecule has 1 saturated heterocycles. The Balaban J connectivity index is 1.39. The number of rotatable bonds is 8. The van der Waals surface area contributed by atoms with Crippen molar-refractivity contribution in [2.45, 2.75) is 19.8 Å². The molecule has 3 rings (SSSR count). The molecular weight excluding hydrogens is 342 g/mol. The van der Waals surface area contributed by atoms with E-state index in [-0.39, 0.29) is 12.5 Å². The van der Waals surface area contributed by atoms with Crippen LogP contribution in [0.2, 0.25) is 0 Å². The molecule has 0 bridgehead atoms. The fourth-order valence-electron chi connectivity index (χ4n) is 3.24. The van der Waals surface area contributed by atoms with Gasteiger partial charge in [-0.05, 0) is 49.9 Å². The second kappa shape index (κ2) is 9.31. The maximum Gasteiger partial charge on any atom is 0.260 e. The Morgan fingerprint density at radius 3 is 2.56 bits per heavy atom. The second-order valence-corrected chi connectivity index (χ2v) is 6.88. The summed E-state index contributed by atoms with van der Waals surface area (Å²) in [6.07, 6.45) is 1.92. The molecule has 0 aliphatic carbocycles. The zero-order valence-electron chi connectivity index (χ0n) is 16.0. The maximum absolute atomic E-state index is 12.4. The molecule has 1 aliphatic heterocycles. The summed E-state index contributed by atoms with van der Waals surface area (Å²) >= 11 is 0. The van der Waals surface area contributed by atoms with Crippen LogP contribution in [0.1, 0.15) is 18.4 Å². The van der Waals surface area contributed by atoms with E-state index in [1.54, 1.807) is 7.11 Å². The monoisotopic (exact) mass is 369 g/mol. The molecular formula is C22H27NO4. The zero-order valence-corrected chi connectivity index (χ0v) is 16.0. The molecule has 5 nitrogen and oxygen atoms in total. The minimum atomic E-state index is 0.0451. The molecule has 27 heavy (non-hydrogen) atoms. The molecule has 0 spiro atoms. The van der Waals surface area contributed by atoms with E-state index < -0.39 is 0 Å². The first-order chi connectivity index (χ1) is 13.2. The van der Waals surface area contributed by atoms with Gasteiger partial charge in [-0.3, -0.25) is 4.79 Å². The van der Waals surface area contributed by atoms with Crippen molar-refractivity contribution in [2.24, 2.45) is 5.92 Å². The highest BCUT2D eigenvalue weighted by Crippen LogP contribution is 2.27. The van der Waals surface area contributed by atoms with Gasteiger partial charge < -0.3 is 19.1 Å². The van der Waals surface area contributed by atoms with Gasteiger partial charge in [0.15, 0.2) is 18.1 Å². The lowest BCUT2D eigenvalue weighted by Crippen LogP contribution is -2.33. The Morgan fingerprint density at radius 2 is 1.81 bits per heavy atom. The van der Waals surface area contributed by atoms with Crippen molar-refractivity contribution in [2.75, 3.05) is 33.4 Å². The first-order valence-electron chi connectivity index (χ1n) is 9.39. The molecule has 0 unspecified atom stereocenters. The number of nitrogens with zero attached hydrogens (tertiary/aromatic N) is 1. The van der Waals surface area contributed by atoms with Crippen molar-refractivity contribution in [3.63, 3.8) is 0 Å². The first kappa shape index (κ1) is 19.1. The van der Waals surface area contributed by atoms with Crippen molar-refractivity contribution in [3.05, 3.63) is 54.1 Å². The lowest BCUT2D eigenvalue weighted by Gasteiger charge is -2.17. The molecule has 0 N–H and O–H groups in total. The van der Waals surface area contributed by atoms with E-state index in [1.165, 1.54) is 5.56 Å². The number of hydrogen-bond acceptors (Lipinski definition) is 4. The van der Waals surface area contributed by atoms with E-state index >= 15 is 0 Å². The Morgan fingerprint density at radius 1 is 1.07 bits per heavy atom. The Labute approximate surface area is 160 Å². The molecule has 0 radical (unpaired) electrons. The van der Waals surface area contributed by atoms with Crippen LogP contribution in [0.25, 0.3) is 0 Å². The van der Waals surface area contributed by atoms with Crippen LogP contribution in [0.15, 0.2) is 48.5 Å². The van der Waals surface area contributed by atoms with Gasteiger partial charge in [-0.2, -0.15) is 0 Å². The van der Waals surface area contributed by atoms with Crippen molar-refractivity contribution in [1.82, 2.24) is 4.90 Å². The summed E-state index contributed by atoms with van der Waals surface area (Å²) in [7, 11) is 1.64. The summed E-state index contributed by atoms with van der Waals surface area (Å²) in [5, 5.41) is 0. The van der Waals surface area contributed by atoms with Crippen molar-refractivity contribution in [1.29, 1.82) is 0 Å². The van der Waals surface area contributed by atoms with Crippen molar-refractivity contribution in [3.8, 4) is 17.2 Å². The number of benzene rings is 2. The van der Waals surface area contributed by atoms with Gasteiger partial charge in [0.1, 0.15) is 5.75 Å². The Bertz CT molecular complexity index is 744. The largest absolute Gasteiger partial charge is 0.493 e. The zero-order chi connectivity index (χ0) is 19.1. The highest BCUT2D eigenvalue weighted by atomic mass is 16.5. The van der Waals surface area contributed by atoms with Gasteiger partial charge in [-0.25, -0.2) is 0 Å². The predicted octanol–water partition coefficient (Wildman–Crippen LogP) is 3.70. The van der Waals surface area contributed by atoms with Gasteiger partial charge in [0.2, 0.25) is 0 Å². The molecule has 1 amide bonds. The Kier molecular flexibility index (Phi) is 6.58. The number of ether oxygens (including phenoxy) is 3. The quantitative estimate of drug-likeness (QED) is 0.712. The van der Waals surface area contributed by atoms with E-state index in [4.69, 9.17) is 14.2 Å². The van der Waals surface area contributed by atoms with Gasteiger partial charge in [0, 0.05) is 13.1 Å². The van der Waals surface area contributed by atoms with Gasteiger partial charge >= 0.3 is 0 Å². The predicted molar refractivity (Wildman–Crippen MR) is 104 cm³/mol. The van der Waals surface area contributed by atoms with E-state index in [0.29, 0.717) is 12.5 Å². The SMILES string of the molecule is COc1ccccc1OCC[C@H]1CCN(C(=O)COc2ccc(C)cc2)C1. The summed E-state index contributed by atoms with van der Waals surface area (Å²) in [4.78, 5) is 14.3. The molecule has 144 valence electrons. The lowest BCUT2D eigenvalue weighted by atomic mass is 10.1. The van der Waals surface area contributed by atoms with Crippen molar-refractivity contribution >= 4 is 5.91 Å². The van der Waals surface area contributed by atoms with Gasteiger partial charge in [0.05, 0.1) is 13.7 Å². The number of hydrogen-bond donors (Lipinski definition) is 0. The first-order valence-corrected chi connectivity index (χ1v) is 9.39. The van der Waals surface area contributed by atoms with Crippen LogP contribution in [-0.4, -0.2) is 44.2 Å². The number of amides is 1. The topological polar surface area (TPSA) is 48.0 Å². The van der Waals surface area contributed by atoms with E-state index in [9.17, 15) is 4.79 Å². The lowest BCUT2D eigenvalue weighted by molar-refractivity contribution is -0.132. The van der Waals surface area contributed by atoms with Gasteiger partial charge in [-0.1, -0.05) is 29.8 Å². The van der Waals surface area contributed by atoms with Crippen molar-refractivity contribution < 1.29 is 19.0 Å². The minimum absolute atomic E-state index is 0.0451. The number of para-hydroxylation sites is 2. The molecule has 1 aliphatic rings. The molecule has 2 aromatic carbocycles. The number of methoxy groups -OCH3 is 1. The van der Waals surface area contributed by atoms with Gasteiger partial charge in [-0.15, -0.1) is 0 Å². The average molecular weight is 369 g/mol. The van der Waals surface area contributed by atoms with Crippen LogP contribution in [0.4, 0.5) is 0 Å². The minimum Gasteiger partial charge on any atom is -0.493 e. The molecule has 1 heterocycles. The second-order valence-electron chi connectivity index (χ2n) is 6.88. The molecule has 2 aromatic rings. The third kappa shape index (κ3) is 5.39. The van der Waals surface area contributed by atoms with Crippen LogP contribution >= 0.6 is 0 Å². The third-order valence-corrected chi connectivity index (χ3v) is 4.87. The van der Waals surface area contributed by atoms with E-state index in [0.717, 1.165) is 43.2 Å². The number of carbonyl (C=O) groups excluding carboxylic acids is 1. The molecule has 0 saturated carbocycles. The number of aryl methyl sites for hydroxylation is 1. The summed E-state index contributed by atoms with van der Waals surface area (Å²) < 4.78 is 16.7. The maximum atomic E-state index is 12.4.